The summed E-state index contributed by atoms with van der Waals surface area (Å²) in [5.41, 5.74) is 2.94. The fourth-order valence-corrected chi connectivity index (χ4v) is 3.70. The summed E-state index contributed by atoms with van der Waals surface area (Å²) >= 11 is 1.31. The number of nitrogens with zero attached hydrogens (tertiary/aromatic N) is 4. The van der Waals surface area contributed by atoms with Gasteiger partial charge in [-0.15, -0.1) is 0 Å². The first-order valence-electron chi connectivity index (χ1n) is 7.35. The van der Waals surface area contributed by atoms with Crippen molar-refractivity contribution >= 4 is 28.9 Å². The van der Waals surface area contributed by atoms with Crippen LogP contribution in [-0.2, 0) is 18.3 Å². The molecule has 2 atom stereocenters. The zero-order valence-corrected chi connectivity index (χ0v) is 13.4. The Morgan fingerprint density at radius 2 is 2.24 bits per heavy atom. The average Bonchev–Trinajstić information content (AvgIpc) is 3.03. The number of hydrogen-bond acceptors (Lipinski definition) is 4. The minimum atomic E-state index is -0.810. The number of aliphatic carboxylic acids is 1. The fraction of sp³-hybridized carbons (Fsp3) is 0.643. The molecule has 3 rings (SSSR count). The van der Waals surface area contributed by atoms with E-state index in [2.05, 4.69) is 28.5 Å². The van der Waals surface area contributed by atoms with Crippen molar-refractivity contribution in [3.63, 3.8) is 0 Å². The molecule has 0 spiro atoms. The molecule has 0 radical (unpaired) electrons. The summed E-state index contributed by atoms with van der Waals surface area (Å²) < 4.78 is 4.10. The van der Waals surface area contributed by atoms with E-state index in [9.17, 15) is 4.79 Å². The highest BCUT2D eigenvalue weighted by Crippen LogP contribution is 2.49. The summed E-state index contributed by atoms with van der Waals surface area (Å²) in [5.74, 6) is -0.0938. The van der Waals surface area contributed by atoms with Gasteiger partial charge in [0.2, 0.25) is 0 Å². The van der Waals surface area contributed by atoms with Gasteiger partial charge in [-0.2, -0.15) is 5.10 Å². The first kappa shape index (κ1) is 14.4. The van der Waals surface area contributed by atoms with Gasteiger partial charge >= 0.3 is 5.97 Å². The van der Waals surface area contributed by atoms with Gasteiger partial charge in [-0.05, 0) is 18.8 Å². The molecule has 1 fully saturated rings. The van der Waals surface area contributed by atoms with Crippen LogP contribution in [0.4, 0.5) is 0 Å². The molecular formula is C14H20N4O2S. The van der Waals surface area contributed by atoms with Gasteiger partial charge in [-0.25, -0.2) is 4.98 Å². The lowest BCUT2D eigenvalue weighted by atomic mass is 10.3. The highest BCUT2D eigenvalue weighted by Gasteiger charge is 2.40. The molecule has 2 aromatic heterocycles. The van der Waals surface area contributed by atoms with Crippen LogP contribution in [0.15, 0.2) is 5.16 Å². The molecule has 0 amide bonds. The maximum atomic E-state index is 10.9. The molecule has 21 heavy (non-hydrogen) atoms. The second kappa shape index (κ2) is 5.36. The van der Waals surface area contributed by atoms with Gasteiger partial charge in [0, 0.05) is 13.1 Å². The summed E-state index contributed by atoms with van der Waals surface area (Å²) in [4.78, 5) is 15.5. The molecule has 0 saturated heterocycles. The summed E-state index contributed by atoms with van der Waals surface area (Å²) in [6, 6.07) is 0.441. The van der Waals surface area contributed by atoms with Gasteiger partial charge in [0.1, 0.15) is 5.52 Å². The van der Waals surface area contributed by atoms with E-state index < -0.39 is 5.97 Å². The van der Waals surface area contributed by atoms with Crippen LogP contribution < -0.4 is 0 Å². The van der Waals surface area contributed by atoms with Gasteiger partial charge in [-0.3, -0.25) is 9.48 Å². The van der Waals surface area contributed by atoms with E-state index in [-0.39, 0.29) is 5.75 Å². The van der Waals surface area contributed by atoms with Gasteiger partial charge in [0.25, 0.3) is 0 Å². The molecule has 6 nitrogen and oxygen atoms in total. The van der Waals surface area contributed by atoms with E-state index in [0.29, 0.717) is 12.0 Å². The minimum absolute atomic E-state index is 0.0434. The minimum Gasteiger partial charge on any atom is -0.481 e. The van der Waals surface area contributed by atoms with Gasteiger partial charge < -0.3 is 9.67 Å². The van der Waals surface area contributed by atoms with Crippen LogP contribution in [0.5, 0.6) is 0 Å². The van der Waals surface area contributed by atoms with Crippen LogP contribution in [-0.4, -0.2) is 36.2 Å². The summed E-state index contributed by atoms with van der Waals surface area (Å²) in [7, 11) is 1.94. The second-order valence-electron chi connectivity index (χ2n) is 5.51. The number of rotatable bonds is 6. The largest absolute Gasteiger partial charge is 0.481 e. The second-order valence-corrected chi connectivity index (χ2v) is 6.46. The number of imidazole rings is 1. The third-order valence-corrected chi connectivity index (χ3v) is 5.04. The zero-order valence-electron chi connectivity index (χ0n) is 12.5. The molecule has 1 N–H and O–H groups in total. The number of carboxylic acid groups (broad SMARTS) is 1. The molecule has 7 heteroatoms. The molecule has 2 unspecified atom stereocenters. The number of thioether (sulfide) groups is 1. The van der Waals surface area contributed by atoms with Crippen LogP contribution in [0, 0.1) is 5.92 Å². The number of fused-ring (bicyclic) bond motifs is 1. The van der Waals surface area contributed by atoms with Crippen molar-refractivity contribution in [1.29, 1.82) is 0 Å². The third-order valence-electron chi connectivity index (χ3n) is 4.11. The summed E-state index contributed by atoms with van der Waals surface area (Å²) in [6.07, 6.45) is 3.13. The first-order chi connectivity index (χ1) is 10.1. The molecule has 2 aromatic rings. The number of aromatic nitrogens is 4. The number of carboxylic acids is 1. The molecule has 1 aliphatic carbocycles. The van der Waals surface area contributed by atoms with Crippen LogP contribution in [0.25, 0.3) is 11.2 Å². The Labute approximate surface area is 127 Å². The molecule has 0 aromatic carbocycles. The third kappa shape index (κ3) is 2.43. The van der Waals surface area contributed by atoms with E-state index in [1.165, 1.54) is 11.8 Å². The van der Waals surface area contributed by atoms with Crippen molar-refractivity contribution in [3.05, 3.63) is 5.69 Å². The predicted octanol–water partition coefficient (Wildman–Crippen LogP) is 2.48. The smallest absolute Gasteiger partial charge is 0.313 e. The van der Waals surface area contributed by atoms with E-state index in [1.54, 1.807) is 0 Å². The van der Waals surface area contributed by atoms with Gasteiger partial charge in [0.05, 0.1) is 11.4 Å². The fourth-order valence-electron chi connectivity index (χ4n) is 2.93. The summed E-state index contributed by atoms with van der Waals surface area (Å²) in [5, 5.41) is 14.3. The quantitative estimate of drug-likeness (QED) is 0.830. The molecule has 114 valence electrons. The normalized spacial score (nSPS) is 21.1. The average molecular weight is 308 g/mol. The molecule has 0 aliphatic heterocycles. The lowest BCUT2D eigenvalue weighted by Gasteiger charge is -2.08. The maximum absolute atomic E-state index is 10.9. The Morgan fingerprint density at radius 1 is 1.48 bits per heavy atom. The number of carbonyl (C=O) groups is 1. The van der Waals surface area contributed by atoms with E-state index in [0.717, 1.165) is 41.3 Å². The maximum Gasteiger partial charge on any atom is 0.313 e. The Balaban J connectivity index is 2.07. The van der Waals surface area contributed by atoms with Crippen LogP contribution in [0.2, 0.25) is 0 Å². The zero-order chi connectivity index (χ0) is 15.1. The van der Waals surface area contributed by atoms with Crippen molar-refractivity contribution < 1.29 is 9.90 Å². The molecule has 1 aliphatic rings. The Kier molecular flexibility index (Phi) is 3.69. The van der Waals surface area contributed by atoms with Crippen molar-refractivity contribution in [2.45, 2.75) is 44.3 Å². The van der Waals surface area contributed by atoms with E-state index in [4.69, 9.17) is 5.11 Å². The molecule has 2 heterocycles. The SMILES string of the molecule is CCc1nn(C)c2c1nc(SCC(=O)O)n2C1CC1CC. The van der Waals surface area contributed by atoms with Crippen LogP contribution in [0.3, 0.4) is 0 Å². The predicted molar refractivity (Wildman–Crippen MR) is 81.7 cm³/mol. The topological polar surface area (TPSA) is 72.9 Å². The van der Waals surface area contributed by atoms with Crippen molar-refractivity contribution in [2.24, 2.45) is 13.0 Å². The lowest BCUT2D eigenvalue weighted by Crippen LogP contribution is -2.06. The van der Waals surface area contributed by atoms with E-state index >= 15 is 0 Å². The summed E-state index contributed by atoms with van der Waals surface area (Å²) in [6.45, 7) is 4.26. The highest BCUT2D eigenvalue weighted by atomic mass is 32.2. The highest BCUT2D eigenvalue weighted by molar-refractivity contribution is 7.99. The number of hydrogen-bond donors (Lipinski definition) is 1. The Morgan fingerprint density at radius 3 is 2.81 bits per heavy atom. The van der Waals surface area contributed by atoms with Crippen molar-refractivity contribution in [2.75, 3.05) is 5.75 Å². The molecular weight excluding hydrogens is 288 g/mol. The van der Waals surface area contributed by atoms with Crippen molar-refractivity contribution in [1.82, 2.24) is 19.3 Å². The molecule has 1 saturated carbocycles. The molecule has 0 bridgehead atoms. The first-order valence-corrected chi connectivity index (χ1v) is 8.33. The van der Waals surface area contributed by atoms with E-state index in [1.807, 2.05) is 11.7 Å². The van der Waals surface area contributed by atoms with Crippen LogP contribution in [0.1, 0.15) is 38.4 Å². The monoisotopic (exact) mass is 308 g/mol. The standard InChI is InChI=1S/C14H20N4O2S/c1-4-8-6-10(8)18-13-12(9(5-2)16-17(13)3)15-14(18)21-7-11(19)20/h8,10H,4-7H2,1-3H3,(H,19,20). The Bertz CT molecular complexity index is 691. The van der Waals surface area contributed by atoms with Gasteiger partial charge in [0.15, 0.2) is 10.8 Å². The lowest BCUT2D eigenvalue weighted by molar-refractivity contribution is -0.133. The van der Waals surface area contributed by atoms with Crippen LogP contribution >= 0.6 is 11.8 Å². The van der Waals surface area contributed by atoms with Crippen molar-refractivity contribution in [3.8, 4) is 0 Å². The Hall–Kier alpha value is -1.50. The number of aryl methyl sites for hydroxylation is 2. The van der Waals surface area contributed by atoms with Gasteiger partial charge in [-0.1, -0.05) is 32.0 Å².